The van der Waals surface area contributed by atoms with Crippen molar-refractivity contribution in [2.45, 2.75) is 6.61 Å². The van der Waals surface area contributed by atoms with E-state index in [0.717, 1.165) is 10.0 Å². The van der Waals surface area contributed by atoms with Gasteiger partial charge in [-0.2, -0.15) is 5.26 Å². The van der Waals surface area contributed by atoms with Crippen LogP contribution in [0, 0.1) is 17.1 Å². The minimum atomic E-state index is -0.449. The maximum Gasteiger partial charge on any atom is 0.152 e. The molecule has 0 aliphatic heterocycles. The van der Waals surface area contributed by atoms with E-state index in [-0.39, 0.29) is 11.1 Å². The van der Waals surface area contributed by atoms with Crippen molar-refractivity contribution in [3.63, 3.8) is 0 Å². The van der Waals surface area contributed by atoms with Gasteiger partial charge in [-0.15, -0.1) is 0 Å². The summed E-state index contributed by atoms with van der Waals surface area (Å²) >= 11 is 13.2. The number of halogens is 4. The molecule has 0 saturated heterocycles. The average Bonchev–Trinajstić information content (AvgIpc) is 2.67. The second kappa shape index (κ2) is 9.38. The number of ether oxygens (including phenoxy) is 1. The fourth-order valence-electron chi connectivity index (χ4n) is 2.55. The molecule has 3 rings (SSSR count). The van der Waals surface area contributed by atoms with Gasteiger partial charge in [0.05, 0.1) is 21.1 Å². The van der Waals surface area contributed by atoms with E-state index in [1.807, 2.05) is 30.3 Å². The Hall–Kier alpha value is -2.13. The van der Waals surface area contributed by atoms with Gasteiger partial charge in [0.2, 0.25) is 0 Å². The molecule has 0 aliphatic carbocycles. The van der Waals surface area contributed by atoms with Gasteiger partial charge in [-0.3, -0.25) is 0 Å². The molecule has 140 valence electrons. The lowest BCUT2D eigenvalue weighted by atomic mass is 10.0. The molecule has 6 heteroatoms. The van der Waals surface area contributed by atoms with E-state index in [2.05, 4.69) is 31.9 Å². The number of rotatable bonds is 5. The van der Waals surface area contributed by atoms with Crippen LogP contribution in [0.25, 0.3) is 11.6 Å². The first-order valence-electron chi connectivity index (χ1n) is 8.21. The highest BCUT2D eigenvalue weighted by molar-refractivity contribution is 9.10. The third-order valence-electron chi connectivity index (χ3n) is 3.91. The van der Waals surface area contributed by atoms with E-state index < -0.39 is 5.82 Å². The van der Waals surface area contributed by atoms with E-state index >= 15 is 0 Å². The summed E-state index contributed by atoms with van der Waals surface area (Å²) in [6.45, 7) is 0.361. The smallest absolute Gasteiger partial charge is 0.152 e. The summed E-state index contributed by atoms with van der Waals surface area (Å²) in [7, 11) is 0. The van der Waals surface area contributed by atoms with Crippen molar-refractivity contribution in [3.05, 3.63) is 97.1 Å². The molecule has 0 aliphatic rings. The summed E-state index contributed by atoms with van der Waals surface area (Å²) in [6, 6.07) is 19.4. The highest BCUT2D eigenvalue weighted by atomic mass is 79.9. The van der Waals surface area contributed by atoms with Gasteiger partial charge in [0, 0.05) is 10.0 Å². The molecule has 0 spiro atoms. The van der Waals surface area contributed by atoms with Crippen LogP contribution >= 0.6 is 43.5 Å². The number of hydrogen-bond donors (Lipinski definition) is 0. The number of nitrogens with zero attached hydrogens (tertiary/aromatic N) is 1. The molecular weight excluding hydrogens is 509 g/mol. The molecule has 3 aromatic carbocycles. The topological polar surface area (TPSA) is 33.0 Å². The Labute approximate surface area is 184 Å². The molecule has 0 saturated carbocycles. The molecule has 0 unspecified atom stereocenters. The molecule has 0 aromatic heterocycles. The highest BCUT2D eigenvalue weighted by Gasteiger charge is 2.12. The van der Waals surface area contributed by atoms with Gasteiger partial charge in [-0.25, -0.2) is 4.39 Å². The third-order valence-corrected chi connectivity index (χ3v) is 5.31. The van der Waals surface area contributed by atoms with Crippen molar-refractivity contribution >= 4 is 55.1 Å². The lowest BCUT2D eigenvalue weighted by molar-refractivity contribution is 0.304. The van der Waals surface area contributed by atoms with Crippen LogP contribution in [0.4, 0.5) is 4.39 Å². The standard InChI is InChI=1S/C22H13Br2ClFNO/c23-17-7-5-14(6-8-17)13-28-22-19(24)10-15(11-20(22)25)9-16(12-27)18-3-1-2-4-21(18)26/h1-11H,13H2/b16-9-. The first kappa shape index (κ1) is 20.6. The molecule has 3 aromatic rings. The van der Waals surface area contributed by atoms with Crippen molar-refractivity contribution in [3.8, 4) is 11.8 Å². The predicted molar refractivity (Wildman–Crippen MR) is 118 cm³/mol. The molecule has 0 amide bonds. The zero-order chi connectivity index (χ0) is 20.1. The number of nitriles is 1. The molecule has 0 bridgehead atoms. The van der Waals surface area contributed by atoms with Gasteiger partial charge in [-0.1, -0.05) is 57.9 Å². The number of allylic oxidation sites excluding steroid dienone is 1. The van der Waals surface area contributed by atoms with E-state index in [1.54, 1.807) is 36.4 Å². The Balaban J connectivity index is 1.86. The minimum absolute atomic E-state index is 0.213. The van der Waals surface area contributed by atoms with Crippen molar-refractivity contribution in [1.29, 1.82) is 5.26 Å². The van der Waals surface area contributed by atoms with Gasteiger partial charge in [-0.05, 0) is 63.5 Å². The quantitative estimate of drug-likeness (QED) is 0.255. The second-order valence-electron chi connectivity index (χ2n) is 5.88. The molecule has 0 radical (unpaired) electrons. The summed E-state index contributed by atoms with van der Waals surface area (Å²) in [4.78, 5) is 0. The number of benzene rings is 3. The normalized spacial score (nSPS) is 11.2. The van der Waals surface area contributed by atoms with Crippen LogP contribution in [0.5, 0.6) is 5.75 Å². The largest absolute Gasteiger partial charge is 0.486 e. The fourth-order valence-corrected chi connectivity index (χ4v) is 3.81. The van der Waals surface area contributed by atoms with E-state index in [9.17, 15) is 9.65 Å². The summed E-state index contributed by atoms with van der Waals surface area (Å²) in [5.74, 6) is 0.0565. The van der Waals surface area contributed by atoms with Crippen molar-refractivity contribution < 1.29 is 9.13 Å². The second-order valence-corrected chi connectivity index (χ2v) is 8.06. The maximum absolute atomic E-state index is 14.0. The van der Waals surface area contributed by atoms with Gasteiger partial charge in [0.1, 0.15) is 12.4 Å². The summed E-state index contributed by atoms with van der Waals surface area (Å²) in [5, 5.41) is 9.82. The third kappa shape index (κ3) is 5.02. The molecular formula is C22H13Br2ClFNO. The highest BCUT2D eigenvalue weighted by Crippen LogP contribution is 2.36. The molecule has 28 heavy (non-hydrogen) atoms. The van der Waals surface area contributed by atoms with Crippen molar-refractivity contribution in [2.24, 2.45) is 0 Å². The molecule has 0 N–H and O–H groups in total. The SMILES string of the molecule is N#C/C(=C/c1cc(Cl)c(OCc2ccc(Br)cc2)c(Br)c1)c1ccccc1F. The van der Waals surface area contributed by atoms with Gasteiger partial charge < -0.3 is 4.74 Å². The van der Waals surface area contributed by atoms with Crippen LogP contribution in [-0.2, 0) is 6.61 Å². The zero-order valence-electron chi connectivity index (χ0n) is 14.4. The molecule has 0 heterocycles. The fraction of sp³-hybridized carbons (Fsp3) is 0.0455. The first-order valence-corrected chi connectivity index (χ1v) is 10.2. The van der Waals surface area contributed by atoms with Crippen LogP contribution < -0.4 is 4.74 Å². The molecule has 0 atom stereocenters. The zero-order valence-corrected chi connectivity index (χ0v) is 18.4. The lowest BCUT2D eigenvalue weighted by Gasteiger charge is -2.12. The van der Waals surface area contributed by atoms with Crippen molar-refractivity contribution in [2.75, 3.05) is 0 Å². The summed E-state index contributed by atoms with van der Waals surface area (Å²) in [5.41, 5.74) is 2.12. The Morgan fingerprint density at radius 1 is 1.11 bits per heavy atom. The molecule has 2 nitrogen and oxygen atoms in total. The van der Waals surface area contributed by atoms with E-state index in [4.69, 9.17) is 16.3 Å². The maximum atomic E-state index is 14.0. The van der Waals surface area contributed by atoms with Crippen LogP contribution in [0.2, 0.25) is 5.02 Å². The average molecular weight is 522 g/mol. The Kier molecular flexibility index (Phi) is 6.90. The van der Waals surface area contributed by atoms with Gasteiger partial charge in [0.15, 0.2) is 5.75 Å². The van der Waals surface area contributed by atoms with Crippen LogP contribution in [0.15, 0.2) is 69.6 Å². The first-order chi connectivity index (χ1) is 13.5. The Morgan fingerprint density at radius 2 is 1.82 bits per heavy atom. The van der Waals surface area contributed by atoms with E-state index in [1.165, 1.54) is 6.07 Å². The molecule has 0 fully saturated rings. The lowest BCUT2D eigenvalue weighted by Crippen LogP contribution is -1.97. The summed E-state index contributed by atoms with van der Waals surface area (Å²) < 4.78 is 21.5. The monoisotopic (exact) mass is 519 g/mol. The predicted octanol–water partition coefficient (Wildman–Crippen LogP) is 7.65. The number of hydrogen-bond acceptors (Lipinski definition) is 2. The Morgan fingerprint density at radius 3 is 2.46 bits per heavy atom. The van der Waals surface area contributed by atoms with Crippen molar-refractivity contribution in [1.82, 2.24) is 0 Å². The van der Waals surface area contributed by atoms with Crippen LogP contribution in [0.3, 0.4) is 0 Å². The van der Waals surface area contributed by atoms with Gasteiger partial charge in [0.25, 0.3) is 0 Å². The van der Waals surface area contributed by atoms with E-state index in [0.29, 0.717) is 27.4 Å². The van der Waals surface area contributed by atoms with Crippen LogP contribution in [-0.4, -0.2) is 0 Å². The minimum Gasteiger partial charge on any atom is -0.486 e. The Bertz CT molecular complexity index is 1050. The summed E-state index contributed by atoms with van der Waals surface area (Å²) in [6.07, 6.45) is 1.59. The van der Waals surface area contributed by atoms with Gasteiger partial charge >= 0.3 is 0 Å². The van der Waals surface area contributed by atoms with Crippen LogP contribution in [0.1, 0.15) is 16.7 Å².